The molecule has 1 aromatic rings. The normalized spacial score (nSPS) is 15.9. The molecule has 0 saturated heterocycles. The number of nitrogens with two attached hydrogens (primary N) is 1. The molecule has 176 valence electrons. The maximum Gasteiger partial charge on any atom is 0.328 e. The Balaban J connectivity index is 2.11. The minimum Gasteiger partial charge on any atom is -0.467 e. The molecule has 1 amide bonds. The first-order valence-corrected chi connectivity index (χ1v) is 10.8. The van der Waals surface area contributed by atoms with Crippen LogP contribution in [-0.2, 0) is 30.3 Å². The first-order chi connectivity index (χ1) is 15.2. The van der Waals surface area contributed by atoms with Gasteiger partial charge in [0.25, 0.3) is 0 Å². The summed E-state index contributed by atoms with van der Waals surface area (Å²) >= 11 is 0. The summed E-state index contributed by atoms with van der Waals surface area (Å²) in [6.45, 7) is 2.44. The van der Waals surface area contributed by atoms with E-state index in [0.717, 1.165) is 25.7 Å². The van der Waals surface area contributed by atoms with Crippen molar-refractivity contribution in [3.05, 3.63) is 23.8 Å². The molecule has 1 saturated carbocycles. The zero-order valence-corrected chi connectivity index (χ0v) is 18.8. The minimum absolute atomic E-state index is 0.0362. The zero-order valence-electron chi connectivity index (χ0n) is 18.8. The summed E-state index contributed by atoms with van der Waals surface area (Å²) in [5.74, 6) is -1.68. The van der Waals surface area contributed by atoms with Crippen molar-refractivity contribution in [3.8, 4) is 11.5 Å². The van der Waals surface area contributed by atoms with Crippen molar-refractivity contribution in [1.29, 1.82) is 0 Å². The van der Waals surface area contributed by atoms with Gasteiger partial charge in [0, 0.05) is 20.3 Å². The fourth-order valence-electron chi connectivity index (χ4n) is 3.89. The third-order valence-electron chi connectivity index (χ3n) is 5.41. The van der Waals surface area contributed by atoms with E-state index in [4.69, 9.17) is 19.9 Å². The number of hydrogen-bond donors (Lipinski definition) is 2. The molecule has 0 aliphatic heterocycles. The largest absolute Gasteiger partial charge is 0.467 e. The Morgan fingerprint density at radius 2 is 1.66 bits per heavy atom. The molecule has 0 spiro atoms. The molecule has 9 heteroatoms. The van der Waals surface area contributed by atoms with E-state index in [1.54, 1.807) is 6.07 Å². The Morgan fingerprint density at radius 1 is 1.03 bits per heavy atom. The third-order valence-corrected chi connectivity index (χ3v) is 5.41. The summed E-state index contributed by atoms with van der Waals surface area (Å²) in [5.41, 5.74) is 6.67. The Kier molecular flexibility index (Phi) is 9.64. The predicted octanol–water partition coefficient (Wildman–Crippen LogP) is 2.04. The van der Waals surface area contributed by atoms with Crippen LogP contribution in [0.1, 0.15) is 57.9 Å². The van der Waals surface area contributed by atoms with Crippen LogP contribution in [0.2, 0.25) is 0 Å². The summed E-state index contributed by atoms with van der Waals surface area (Å²) in [5, 5.41) is 2.68. The Bertz CT molecular complexity index is 834. The standard InChI is InChI=1S/C23H32N2O7/c1-14(26)31-20-10-9-17(13-21(20)32-15(2)27)12-19(23(29)30-3)25-22(28)18(24)11-16-7-5-4-6-8-16/h9-10,13,16,18-19H,4-8,11-12,24H2,1-3H3,(H,25,28)/t18-,19-/m0/s1. The maximum atomic E-state index is 12.7. The van der Waals surface area contributed by atoms with Gasteiger partial charge in [-0.05, 0) is 30.0 Å². The van der Waals surface area contributed by atoms with Gasteiger partial charge in [-0.25, -0.2) is 4.79 Å². The van der Waals surface area contributed by atoms with Gasteiger partial charge in [0.2, 0.25) is 5.91 Å². The van der Waals surface area contributed by atoms with Crippen LogP contribution in [0, 0.1) is 5.92 Å². The average molecular weight is 449 g/mol. The van der Waals surface area contributed by atoms with Crippen molar-refractivity contribution in [1.82, 2.24) is 5.32 Å². The number of nitrogens with one attached hydrogen (secondary N) is 1. The number of rotatable bonds is 9. The highest BCUT2D eigenvalue weighted by molar-refractivity contribution is 5.87. The number of benzene rings is 1. The van der Waals surface area contributed by atoms with Gasteiger partial charge in [0.1, 0.15) is 6.04 Å². The first kappa shape index (κ1) is 25.3. The Morgan fingerprint density at radius 3 is 2.25 bits per heavy atom. The molecule has 32 heavy (non-hydrogen) atoms. The smallest absolute Gasteiger partial charge is 0.328 e. The number of ether oxygens (including phenoxy) is 3. The van der Waals surface area contributed by atoms with Crippen LogP contribution in [0.15, 0.2) is 18.2 Å². The topological polar surface area (TPSA) is 134 Å². The SMILES string of the molecule is COC(=O)[C@H](Cc1ccc(OC(C)=O)c(OC(C)=O)c1)NC(=O)[C@@H](N)CC1CCCCC1. The van der Waals surface area contributed by atoms with Crippen molar-refractivity contribution in [2.75, 3.05) is 7.11 Å². The van der Waals surface area contributed by atoms with Gasteiger partial charge in [0.05, 0.1) is 13.2 Å². The molecule has 1 aliphatic carbocycles. The van der Waals surface area contributed by atoms with Crippen molar-refractivity contribution in [2.24, 2.45) is 11.7 Å². The van der Waals surface area contributed by atoms with Crippen LogP contribution in [-0.4, -0.2) is 43.0 Å². The van der Waals surface area contributed by atoms with Crippen LogP contribution in [0.4, 0.5) is 0 Å². The van der Waals surface area contributed by atoms with E-state index in [9.17, 15) is 19.2 Å². The highest BCUT2D eigenvalue weighted by Gasteiger charge is 2.27. The highest BCUT2D eigenvalue weighted by atomic mass is 16.6. The van der Waals surface area contributed by atoms with Gasteiger partial charge >= 0.3 is 17.9 Å². The minimum atomic E-state index is -0.977. The second-order valence-electron chi connectivity index (χ2n) is 8.10. The highest BCUT2D eigenvalue weighted by Crippen LogP contribution is 2.30. The number of methoxy groups -OCH3 is 1. The second-order valence-corrected chi connectivity index (χ2v) is 8.10. The summed E-state index contributed by atoms with van der Waals surface area (Å²) in [7, 11) is 1.23. The number of hydrogen-bond acceptors (Lipinski definition) is 8. The van der Waals surface area contributed by atoms with Gasteiger partial charge in [-0.1, -0.05) is 38.2 Å². The summed E-state index contributed by atoms with van der Waals surface area (Å²) in [4.78, 5) is 47.7. The molecule has 0 heterocycles. The molecule has 0 aromatic heterocycles. The lowest BCUT2D eigenvalue weighted by Gasteiger charge is -2.25. The number of carbonyl (C=O) groups is 4. The van der Waals surface area contributed by atoms with Gasteiger partial charge in [0.15, 0.2) is 11.5 Å². The first-order valence-electron chi connectivity index (χ1n) is 10.8. The number of carbonyl (C=O) groups excluding carboxylic acids is 4. The van der Waals surface area contributed by atoms with Crippen molar-refractivity contribution >= 4 is 23.8 Å². The Hall–Kier alpha value is -2.94. The lowest BCUT2D eigenvalue weighted by molar-refractivity contribution is -0.145. The predicted molar refractivity (Wildman–Crippen MR) is 116 cm³/mol. The Labute approximate surface area is 188 Å². The van der Waals surface area contributed by atoms with Crippen molar-refractivity contribution in [3.63, 3.8) is 0 Å². The number of amides is 1. The molecule has 9 nitrogen and oxygen atoms in total. The molecule has 1 fully saturated rings. The lowest BCUT2D eigenvalue weighted by Crippen LogP contribution is -2.50. The van der Waals surface area contributed by atoms with E-state index < -0.39 is 35.9 Å². The van der Waals surface area contributed by atoms with Crippen LogP contribution < -0.4 is 20.5 Å². The number of esters is 3. The molecule has 1 aromatic carbocycles. The molecule has 0 bridgehead atoms. The van der Waals surface area contributed by atoms with Gasteiger partial charge in [-0.2, -0.15) is 0 Å². The van der Waals surface area contributed by atoms with Gasteiger partial charge < -0.3 is 25.3 Å². The van der Waals surface area contributed by atoms with E-state index >= 15 is 0 Å². The molecule has 3 N–H and O–H groups in total. The van der Waals surface area contributed by atoms with Crippen LogP contribution in [0.25, 0.3) is 0 Å². The fourth-order valence-corrected chi connectivity index (χ4v) is 3.89. The van der Waals surface area contributed by atoms with Gasteiger partial charge in [-0.15, -0.1) is 0 Å². The zero-order chi connectivity index (χ0) is 23.7. The van der Waals surface area contributed by atoms with Crippen LogP contribution in [0.5, 0.6) is 11.5 Å². The second kappa shape index (κ2) is 12.2. The summed E-state index contributed by atoms with van der Waals surface area (Å²) < 4.78 is 15.0. The van der Waals surface area contributed by atoms with Crippen LogP contribution >= 0.6 is 0 Å². The third kappa shape index (κ3) is 7.96. The molecule has 1 aliphatic rings. The lowest BCUT2D eigenvalue weighted by atomic mass is 9.85. The average Bonchev–Trinajstić information content (AvgIpc) is 2.74. The monoisotopic (exact) mass is 448 g/mol. The molecule has 2 rings (SSSR count). The molecular formula is C23H32N2O7. The molecule has 0 radical (unpaired) electrons. The van der Waals surface area contributed by atoms with E-state index in [-0.39, 0.29) is 17.9 Å². The van der Waals surface area contributed by atoms with E-state index in [0.29, 0.717) is 17.9 Å². The fraction of sp³-hybridized carbons (Fsp3) is 0.565. The van der Waals surface area contributed by atoms with Gasteiger partial charge in [-0.3, -0.25) is 14.4 Å². The molecular weight excluding hydrogens is 416 g/mol. The van der Waals surface area contributed by atoms with E-state index in [1.807, 2.05) is 0 Å². The maximum absolute atomic E-state index is 12.7. The molecule has 2 atom stereocenters. The summed E-state index contributed by atoms with van der Waals surface area (Å²) in [6, 6.07) is 2.85. The van der Waals surface area contributed by atoms with Crippen molar-refractivity contribution in [2.45, 2.75) is 70.9 Å². The van der Waals surface area contributed by atoms with Crippen LogP contribution in [0.3, 0.4) is 0 Å². The van der Waals surface area contributed by atoms with Crippen molar-refractivity contribution < 1.29 is 33.4 Å². The van der Waals surface area contributed by atoms with E-state index in [1.165, 1.54) is 39.5 Å². The quantitative estimate of drug-likeness (QED) is 0.433. The van der Waals surface area contributed by atoms with E-state index in [2.05, 4.69) is 5.32 Å². The summed E-state index contributed by atoms with van der Waals surface area (Å²) in [6.07, 6.45) is 6.30. The molecule has 0 unspecified atom stereocenters.